The fourth-order valence-corrected chi connectivity index (χ4v) is 7.54. The van der Waals surface area contributed by atoms with Crippen LogP contribution in [0.25, 0.3) is 11.0 Å². The first kappa shape index (κ1) is 34.0. The Kier molecular flexibility index (Phi) is 14.9. The molecule has 4 N–H and O–H groups in total. The van der Waals surface area contributed by atoms with Crippen LogP contribution in [0.15, 0.2) is 24.3 Å². The molecule has 0 amide bonds. The zero-order valence-corrected chi connectivity index (χ0v) is 27.1. The summed E-state index contributed by atoms with van der Waals surface area (Å²) in [4.78, 5) is 29.0. The number of aromatic amines is 1. The highest BCUT2D eigenvalue weighted by atomic mass is 32.1. The summed E-state index contributed by atoms with van der Waals surface area (Å²) < 4.78 is 0. The van der Waals surface area contributed by atoms with E-state index in [1.165, 1.54) is 128 Å². The number of carboxylic acid groups (broad SMARTS) is 1. The standard InChI is InChI=1S/2C12H23N.C11H10N2O3S/c2*1-3-7-11(8-4-1)13-12-9-5-2-6-10-12;14-9(17)5-6(11(15)16)10-12-7-3-1-2-4-8(7)13-10/h2*11-13H,1-10H2;1-4,6H,5H2,(H,12,13)(H,14,17)(H,15,16). The second-order valence-corrected chi connectivity index (χ2v) is 13.8. The van der Waals surface area contributed by atoms with Crippen LogP contribution in [-0.4, -0.2) is 50.3 Å². The third kappa shape index (κ3) is 12.2. The number of H-pyrrole nitrogens is 1. The lowest BCUT2D eigenvalue weighted by Gasteiger charge is -2.30. The number of fused-ring (bicyclic) bond motifs is 1. The van der Waals surface area contributed by atoms with Crippen molar-refractivity contribution >= 4 is 34.7 Å². The first-order valence-corrected chi connectivity index (χ1v) is 17.8. The minimum atomic E-state index is -1.09. The van der Waals surface area contributed by atoms with E-state index in [-0.39, 0.29) is 12.2 Å². The molecule has 240 valence electrons. The Morgan fingerprint density at radius 3 is 1.47 bits per heavy atom. The second kappa shape index (κ2) is 18.8. The minimum absolute atomic E-state index is 0.182. The highest BCUT2D eigenvalue weighted by Gasteiger charge is 2.25. The van der Waals surface area contributed by atoms with Crippen LogP contribution in [0.1, 0.15) is 147 Å². The van der Waals surface area contributed by atoms with Crippen molar-refractivity contribution in [3.8, 4) is 0 Å². The molecule has 1 heterocycles. The van der Waals surface area contributed by atoms with Crippen LogP contribution in [0.3, 0.4) is 0 Å². The Bertz CT molecular complexity index is 985. The molecular formula is C35H56N4O3S. The smallest absolute Gasteiger partial charge is 0.314 e. The normalized spacial score (nSPS) is 21.7. The van der Waals surface area contributed by atoms with E-state index < -0.39 is 17.0 Å². The van der Waals surface area contributed by atoms with Crippen molar-refractivity contribution in [1.29, 1.82) is 0 Å². The molecule has 6 rings (SSSR count). The summed E-state index contributed by atoms with van der Waals surface area (Å²) in [6.45, 7) is 0. The Balaban J connectivity index is 0.000000150. The fraction of sp³-hybridized carbons (Fsp3) is 0.743. The van der Waals surface area contributed by atoms with Gasteiger partial charge in [0.15, 0.2) is 5.12 Å². The fourth-order valence-electron chi connectivity index (χ4n) is 7.36. The third-order valence-electron chi connectivity index (χ3n) is 9.78. The SMILES string of the molecule is C1CCC(NC2CCCCC2)CC1.C1CCC(NC2CCCCC2)CC1.O=C(S)CC(C(=O)O)c1nc2ccccc2[nH]1. The van der Waals surface area contributed by atoms with Gasteiger partial charge in [-0.15, -0.1) is 12.6 Å². The topological polar surface area (TPSA) is 107 Å². The summed E-state index contributed by atoms with van der Waals surface area (Å²) in [5, 5.41) is 16.3. The largest absolute Gasteiger partial charge is 0.481 e. The minimum Gasteiger partial charge on any atom is -0.481 e. The number of rotatable bonds is 8. The lowest BCUT2D eigenvalue weighted by molar-refractivity contribution is -0.140. The number of benzene rings is 1. The van der Waals surface area contributed by atoms with Crippen molar-refractivity contribution in [1.82, 2.24) is 20.6 Å². The molecule has 8 heteroatoms. The van der Waals surface area contributed by atoms with Crippen molar-refractivity contribution < 1.29 is 14.7 Å². The van der Waals surface area contributed by atoms with Gasteiger partial charge in [-0.2, -0.15) is 0 Å². The number of aliphatic carboxylic acids is 1. The van der Waals surface area contributed by atoms with E-state index in [0.717, 1.165) is 29.7 Å². The van der Waals surface area contributed by atoms with Gasteiger partial charge in [0, 0.05) is 30.6 Å². The maximum atomic E-state index is 11.1. The molecule has 7 nitrogen and oxygen atoms in total. The average molecular weight is 613 g/mol. The van der Waals surface area contributed by atoms with Gasteiger partial charge in [0.05, 0.1) is 11.0 Å². The van der Waals surface area contributed by atoms with Crippen molar-refractivity contribution in [3.63, 3.8) is 0 Å². The zero-order valence-electron chi connectivity index (χ0n) is 26.2. The molecule has 1 aromatic heterocycles. The number of aromatic nitrogens is 2. The summed E-state index contributed by atoms with van der Waals surface area (Å²) in [7, 11) is 0. The maximum Gasteiger partial charge on any atom is 0.314 e. The second-order valence-electron chi connectivity index (χ2n) is 13.3. The van der Waals surface area contributed by atoms with E-state index in [1.54, 1.807) is 12.1 Å². The lowest BCUT2D eigenvalue weighted by Crippen LogP contribution is -2.40. The van der Waals surface area contributed by atoms with Crippen LogP contribution in [-0.2, 0) is 9.59 Å². The number of hydrogen-bond acceptors (Lipinski definition) is 5. The third-order valence-corrected chi connectivity index (χ3v) is 9.96. The van der Waals surface area contributed by atoms with Crippen molar-refractivity contribution in [2.45, 2.75) is 165 Å². The van der Waals surface area contributed by atoms with Crippen LogP contribution in [0, 0.1) is 0 Å². The summed E-state index contributed by atoms with van der Waals surface area (Å²) in [5.74, 6) is -1.79. The number of imidazole rings is 1. The van der Waals surface area contributed by atoms with E-state index >= 15 is 0 Å². The summed E-state index contributed by atoms with van der Waals surface area (Å²) in [6, 6.07) is 10.7. The van der Waals surface area contributed by atoms with E-state index in [1.807, 2.05) is 12.1 Å². The number of carboxylic acids is 1. The molecule has 4 aliphatic rings. The summed E-state index contributed by atoms with van der Waals surface area (Å²) >= 11 is 3.60. The molecule has 0 spiro atoms. The molecule has 1 unspecified atom stereocenters. The molecule has 43 heavy (non-hydrogen) atoms. The van der Waals surface area contributed by atoms with Crippen molar-refractivity contribution in [3.05, 3.63) is 30.1 Å². The Hall–Kier alpha value is -1.90. The van der Waals surface area contributed by atoms with Crippen LogP contribution < -0.4 is 10.6 Å². The van der Waals surface area contributed by atoms with Gasteiger partial charge in [0.25, 0.3) is 0 Å². The number of para-hydroxylation sites is 2. The van der Waals surface area contributed by atoms with Crippen LogP contribution >= 0.6 is 12.6 Å². The van der Waals surface area contributed by atoms with E-state index in [9.17, 15) is 9.59 Å². The van der Waals surface area contributed by atoms with Gasteiger partial charge in [-0.3, -0.25) is 9.59 Å². The van der Waals surface area contributed by atoms with E-state index in [2.05, 4.69) is 33.2 Å². The van der Waals surface area contributed by atoms with Gasteiger partial charge in [-0.1, -0.05) is 89.2 Å². The predicted octanol–water partition coefficient (Wildman–Crippen LogP) is 8.06. The zero-order chi connectivity index (χ0) is 30.3. The molecule has 4 aliphatic carbocycles. The molecule has 4 saturated carbocycles. The highest BCUT2D eigenvalue weighted by Crippen LogP contribution is 2.24. The van der Waals surface area contributed by atoms with Gasteiger partial charge in [-0.25, -0.2) is 4.98 Å². The lowest BCUT2D eigenvalue weighted by atomic mass is 9.91. The monoisotopic (exact) mass is 612 g/mol. The van der Waals surface area contributed by atoms with Gasteiger partial charge < -0.3 is 20.7 Å². The van der Waals surface area contributed by atoms with E-state index in [4.69, 9.17) is 5.11 Å². The van der Waals surface area contributed by atoms with Crippen molar-refractivity contribution in [2.75, 3.05) is 0 Å². The Labute approximate surface area is 264 Å². The quantitative estimate of drug-likeness (QED) is 0.193. The first-order valence-electron chi connectivity index (χ1n) is 17.4. The molecule has 0 aliphatic heterocycles. The molecule has 0 radical (unpaired) electrons. The van der Waals surface area contributed by atoms with Gasteiger partial charge >= 0.3 is 5.97 Å². The van der Waals surface area contributed by atoms with Gasteiger partial charge in [-0.05, 0) is 63.5 Å². The van der Waals surface area contributed by atoms with Gasteiger partial charge in [0.1, 0.15) is 11.7 Å². The molecule has 0 saturated heterocycles. The number of carbonyl (C=O) groups excluding carboxylic acids is 1. The highest BCUT2D eigenvalue weighted by molar-refractivity contribution is 7.96. The Morgan fingerprint density at radius 2 is 1.12 bits per heavy atom. The average Bonchev–Trinajstić information content (AvgIpc) is 3.46. The molecule has 2 aromatic rings. The van der Waals surface area contributed by atoms with Crippen LogP contribution in [0.2, 0.25) is 0 Å². The number of hydrogen-bond donors (Lipinski definition) is 5. The van der Waals surface area contributed by atoms with Crippen LogP contribution in [0.4, 0.5) is 0 Å². The molecule has 1 atom stereocenters. The summed E-state index contributed by atoms with van der Waals surface area (Å²) in [5.41, 5.74) is 1.43. The number of thiol groups is 1. The molecule has 1 aromatic carbocycles. The first-order chi connectivity index (χ1) is 21.0. The van der Waals surface area contributed by atoms with E-state index in [0.29, 0.717) is 5.52 Å². The van der Waals surface area contributed by atoms with Crippen molar-refractivity contribution in [2.24, 2.45) is 0 Å². The molecule has 0 bridgehead atoms. The number of carbonyl (C=O) groups is 2. The number of nitrogens with one attached hydrogen (secondary N) is 3. The Morgan fingerprint density at radius 1 is 0.721 bits per heavy atom. The summed E-state index contributed by atoms with van der Waals surface area (Å²) in [6.07, 6.45) is 28.9. The van der Waals surface area contributed by atoms with Gasteiger partial charge in [0.2, 0.25) is 0 Å². The predicted molar refractivity (Wildman–Crippen MR) is 179 cm³/mol. The molecule has 4 fully saturated rings. The maximum absolute atomic E-state index is 11.1. The number of nitrogens with zero attached hydrogens (tertiary/aromatic N) is 1. The molecular weight excluding hydrogens is 556 g/mol. The van der Waals surface area contributed by atoms with Crippen LogP contribution in [0.5, 0.6) is 0 Å².